The summed E-state index contributed by atoms with van der Waals surface area (Å²) in [6.07, 6.45) is 5.56. The first-order valence-electron chi connectivity index (χ1n) is 6.50. The lowest BCUT2D eigenvalue weighted by molar-refractivity contribution is -0.135. The van der Waals surface area contributed by atoms with Crippen LogP contribution in [0, 0.1) is 11.8 Å². The molecule has 0 aromatic heterocycles. The van der Waals surface area contributed by atoms with Gasteiger partial charge in [0.2, 0.25) is 5.91 Å². The minimum absolute atomic E-state index is 0.0294. The number of carbonyl (C=O) groups is 1. The van der Waals surface area contributed by atoms with Crippen LogP contribution >= 0.6 is 0 Å². The van der Waals surface area contributed by atoms with Crippen molar-refractivity contribution in [2.45, 2.75) is 25.3 Å². The Morgan fingerprint density at radius 2 is 2.22 bits per heavy atom. The van der Waals surface area contributed by atoms with Gasteiger partial charge in [-0.3, -0.25) is 4.79 Å². The first-order valence-corrected chi connectivity index (χ1v) is 6.50. The molecule has 1 aliphatic heterocycles. The molecule has 3 atom stereocenters. The van der Waals surface area contributed by atoms with Crippen LogP contribution < -0.4 is 0 Å². The van der Waals surface area contributed by atoms with E-state index in [0.29, 0.717) is 18.4 Å². The fourth-order valence-electron chi connectivity index (χ4n) is 4.38. The van der Waals surface area contributed by atoms with Crippen molar-refractivity contribution in [2.24, 2.45) is 11.8 Å². The number of allylic oxidation sites excluding steroid dienone is 2. The highest BCUT2D eigenvalue weighted by Crippen LogP contribution is 2.64. The molecule has 2 heteroatoms. The van der Waals surface area contributed by atoms with E-state index in [1.807, 2.05) is 11.0 Å². The molecule has 2 aliphatic carbocycles. The Bertz CT molecular complexity index is 513. The largest absolute Gasteiger partial charge is 0.325 e. The quantitative estimate of drug-likeness (QED) is 0.538. The van der Waals surface area contributed by atoms with Crippen LogP contribution in [-0.4, -0.2) is 22.9 Å². The Hall–Kier alpha value is -1.57. The van der Waals surface area contributed by atoms with Crippen molar-refractivity contribution < 1.29 is 4.79 Å². The van der Waals surface area contributed by atoms with E-state index in [2.05, 4.69) is 26.7 Å². The molecule has 3 rings (SSSR count). The van der Waals surface area contributed by atoms with Gasteiger partial charge in [0.15, 0.2) is 0 Å². The third-order valence-corrected chi connectivity index (χ3v) is 5.14. The predicted octanol–water partition coefficient (Wildman–Crippen LogP) is 2.85. The maximum Gasteiger partial charge on any atom is 0.246 e. The summed E-state index contributed by atoms with van der Waals surface area (Å²) in [6.45, 7) is 14.6. The van der Waals surface area contributed by atoms with Gasteiger partial charge >= 0.3 is 0 Å². The van der Waals surface area contributed by atoms with Gasteiger partial charge in [-0.1, -0.05) is 31.4 Å². The van der Waals surface area contributed by atoms with Crippen molar-refractivity contribution in [2.75, 3.05) is 6.54 Å². The fraction of sp³-hybridized carbons (Fsp3) is 0.438. The molecule has 0 aromatic carbocycles. The highest BCUT2D eigenvalue weighted by molar-refractivity contribution is 5.89. The average molecular weight is 241 g/mol. The van der Waals surface area contributed by atoms with Crippen LogP contribution in [0.3, 0.4) is 0 Å². The number of carbonyl (C=O) groups excluding carboxylic acids is 1. The highest BCUT2D eigenvalue weighted by atomic mass is 16.2. The van der Waals surface area contributed by atoms with Crippen molar-refractivity contribution >= 4 is 5.91 Å². The summed E-state index contributed by atoms with van der Waals surface area (Å²) in [4.78, 5) is 14.1. The molecule has 94 valence electrons. The van der Waals surface area contributed by atoms with Gasteiger partial charge in [0.05, 0.1) is 5.54 Å². The summed E-state index contributed by atoms with van der Waals surface area (Å²) >= 11 is 0. The molecule has 0 aromatic rings. The first kappa shape index (κ1) is 11.5. The summed E-state index contributed by atoms with van der Waals surface area (Å²) in [6, 6.07) is 0. The van der Waals surface area contributed by atoms with E-state index in [0.717, 1.165) is 12.8 Å². The van der Waals surface area contributed by atoms with E-state index >= 15 is 0 Å². The van der Waals surface area contributed by atoms with E-state index in [-0.39, 0.29) is 11.4 Å². The smallest absolute Gasteiger partial charge is 0.246 e. The Morgan fingerprint density at radius 3 is 2.83 bits per heavy atom. The first-order chi connectivity index (χ1) is 8.56. The summed E-state index contributed by atoms with van der Waals surface area (Å²) in [7, 11) is 0. The highest BCUT2D eigenvalue weighted by Gasteiger charge is 2.66. The van der Waals surface area contributed by atoms with Crippen LogP contribution in [0.1, 0.15) is 19.8 Å². The molecular formula is C16H19NO. The zero-order chi connectivity index (χ0) is 13.1. The van der Waals surface area contributed by atoms with Gasteiger partial charge in [-0.15, -0.1) is 0 Å². The molecule has 2 fully saturated rings. The lowest BCUT2D eigenvalue weighted by Crippen LogP contribution is -2.63. The van der Waals surface area contributed by atoms with Crippen LogP contribution in [-0.2, 0) is 4.79 Å². The zero-order valence-corrected chi connectivity index (χ0v) is 10.9. The number of likely N-dealkylation sites (tertiary alicyclic amines) is 1. The van der Waals surface area contributed by atoms with Crippen molar-refractivity contribution in [1.82, 2.24) is 4.90 Å². The molecule has 18 heavy (non-hydrogen) atoms. The van der Waals surface area contributed by atoms with Gasteiger partial charge in [-0.05, 0) is 42.9 Å². The van der Waals surface area contributed by atoms with Crippen molar-refractivity contribution in [3.8, 4) is 0 Å². The second-order valence-corrected chi connectivity index (χ2v) is 5.71. The number of hydrogen-bond acceptors (Lipinski definition) is 1. The van der Waals surface area contributed by atoms with Gasteiger partial charge in [0, 0.05) is 12.5 Å². The number of rotatable bonds is 2. The van der Waals surface area contributed by atoms with Crippen molar-refractivity contribution in [1.29, 1.82) is 0 Å². The molecule has 0 spiro atoms. The SMILES string of the molecule is C=CC(=O)N1CC(=C)C2C3CC(C=C)=C(C)C21C3. The third-order valence-electron chi connectivity index (χ3n) is 5.14. The Kier molecular flexibility index (Phi) is 2.22. The average Bonchev–Trinajstić information content (AvgIpc) is 2.58. The van der Waals surface area contributed by atoms with Crippen molar-refractivity contribution in [3.05, 3.63) is 48.6 Å². The van der Waals surface area contributed by atoms with Crippen LogP contribution in [0.5, 0.6) is 0 Å². The molecule has 0 N–H and O–H groups in total. The van der Waals surface area contributed by atoms with Crippen molar-refractivity contribution in [3.63, 3.8) is 0 Å². The topological polar surface area (TPSA) is 20.3 Å². The van der Waals surface area contributed by atoms with Gasteiger partial charge < -0.3 is 4.90 Å². The van der Waals surface area contributed by atoms with E-state index in [4.69, 9.17) is 0 Å². The molecule has 2 nitrogen and oxygen atoms in total. The summed E-state index contributed by atoms with van der Waals surface area (Å²) < 4.78 is 0. The van der Waals surface area contributed by atoms with E-state index in [1.54, 1.807) is 0 Å². The molecule has 1 amide bonds. The van der Waals surface area contributed by atoms with Gasteiger partial charge in [0.25, 0.3) is 0 Å². The van der Waals surface area contributed by atoms with Gasteiger partial charge in [-0.2, -0.15) is 0 Å². The van der Waals surface area contributed by atoms with Crippen LogP contribution in [0.15, 0.2) is 48.6 Å². The molecule has 1 saturated heterocycles. The standard InChI is InChI=1S/C16H19NO/c1-5-12-7-13-8-16(11(12)4)15(13)10(3)9-17(16)14(18)6-2/h5-6,13,15H,1-3,7-9H2,4H3. The Labute approximate surface area is 108 Å². The lowest BCUT2D eigenvalue weighted by atomic mass is 9.50. The number of hydrogen-bond donors (Lipinski definition) is 0. The molecule has 3 unspecified atom stereocenters. The number of amides is 1. The zero-order valence-electron chi connectivity index (χ0n) is 10.9. The fourth-order valence-corrected chi connectivity index (χ4v) is 4.38. The number of nitrogens with zero attached hydrogens (tertiary/aromatic N) is 1. The van der Waals surface area contributed by atoms with Gasteiger partial charge in [-0.25, -0.2) is 0 Å². The second kappa shape index (κ2) is 3.47. The monoisotopic (exact) mass is 241 g/mol. The second-order valence-electron chi connectivity index (χ2n) is 5.71. The third kappa shape index (κ3) is 1.07. The molecule has 2 bridgehead atoms. The van der Waals surface area contributed by atoms with Gasteiger partial charge in [0.1, 0.15) is 0 Å². The minimum atomic E-state index is -0.102. The predicted molar refractivity (Wildman–Crippen MR) is 72.9 cm³/mol. The molecule has 0 radical (unpaired) electrons. The van der Waals surface area contributed by atoms with Crippen LogP contribution in [0.2, 0.25) is 0 Å². The summed E-state index contributed by atoms with van der Waals surface area (Å²) in [5.41, 5.74) is 3.75. The molecule has 1 heterocycles. The lowest BCUT2D eigenvalue weighted by Gasteiger charge is -2.59. The Balaban J connectivity index is 2.13. The van der Waals surface area contributed by atoms with Crippen LogP contribution in [0.25, 0.3) is 0 Å². The maximum absolute atomic E-state index is 12.1. The van der Waals surface area contributed by atoms with E-state index in [9.17, 15) is 4.79 Å². The molecular weight excluding hydrogens is 222 g/mol. The van der Waals surface area contributed by atoms with Crippen LogP contribution in [0.4, 0.5) is 0 Å². The summed E-state index contributed by atoms with van der Waals surface area (Å²) in [5, 5.41) is 0. The molecule has 1 saturated carbocycles. The van der Waals surface area contributed by atoms with E-state index < -0.39 is 0 Å². The molecule has 3 aliphatic rings. The minimum Gasteiger partial charge on any atom is -0.325 e. The summed E-state index contributed by atoms with van der Waals surface area (Å²) in [5.74, 6) is 1.14. The normalized spacial score (nSPS) is 37.2. The van der Waals surface area contributed by atoms with E-state index in [1.165, 1.54) is 22.8 Å². The maximum atomic E-state index is 12.1. The Morgan fingerprint density at radius 1 is 1.50 bits per heavy atom.